The summed E-state index contributed by atoms with van der Waals surface area (Å²) in [6.45, 7) is 12.5. The van der Waals surface area contributed by atoms with Crippen LogP contribution in [0.4, 0.5) is 0 Å². The van der Waals surface area contributed by atoms with E-state index in [1.807, 2.05) is 0 Å². The minimum atomic E-state index is 0.621. The minimum Gasteiger partial charge on any atom is -0.317 e. The third-order valence-electron chi connectivity index (χ3n) is 2.47. The molecule has 0 aromatic rings. The summed E-state index contributed by atoms with van der Waals surface area (Å²) in [6.07, 6.45) is 5.31. The molecule has 0 amide bonds. The molecule has 0 rings (SSSR count). The zero-order chi connectivity index (χ0) is 11.5. The Morgan fingerprint density at radius 2 is 1.47 bits per heavy atom. The molecule has 0 aliphatic heterocycles. The summed E-state index contributed by atoms with van der Waals surface area (Å²) in [4.78, 5) is 0. The fourth-order valence-corrected chi connectivity index (χ4v) is 1.53. The van der Waals surface area contributed by atoms with Crippen LogP contribution in [0.1, 0.15) is 53.4 Å². The highest BCUT2D eigenvalue weighted by atomic mass is 14.9. The molecule has 0 aromatic carbocycles. The lowest BCUT2D eigenvalue weighted by Crippen LogP contribution is -2.27. The first kappa shape index (κ1) is 14.9. The number of rotatable bonds is 10. The first-order valence-corrected chi connectivity index (χ1v) is 6.57. The molecular formula is C13H30N2. The van der Waals surface area contributed by atoms with Crippen LogP contribution in [-0.2, 0) is 0 Å². The molecule has 0 saturated carbocycles. The van der Waals surface area contributed by atoms with Crippen LogP contribution in [0.15, 0.2) is 0 Å². The van der Waals surface area contributed by atoms with Crippen LogP contribution < -0.4 is 10.6 Å². The highest BCUT2D eigenvalue weighted by Gasteiger charge is 1.94. The van der Waals surface area contributed by atoms with E-state index in [0.717, 1.165) is 19.0 Å². The Bertz CT molecular complexity index is 108. The summed E-state index contributed by atoms with van der Waals surface area (Å²) in [5, 5.41) is 6.92. The van der Waals surface area contributed by atoms with Crippen LogP contribution >= 0.6 is 0 Å². The number of hydrogen-bond acceptors (Lipinski definition) is 2. The van der Waals surface area contributed by atoms with Crippen LogP contribution in [0.5, 0.6) is 0 Å². The quantitative estimate of drug-likeness (QED) is 0.546. The number of hydrogen-bond donors (Lipinski definition) is 2. The summed E-state index contributed by atoms with van der Waals surface area (Å²) in [7, 11) is 0. The van der Waals surface area contributed by atoms with Crippen molar-refractivity contribution in [1.29, 1.82) is 0 Å². The second-order valence-corrected chi connectivity index (χ2v) is 5.10. The van der Waals surface area contributed by atoms with E-state index in [9.17, 15) is 0 Å². The summed E-state index contributed by atoms with van der Waals surface area (Å²) in [5.74, 6) is 0.861. The van der Waals surface area contributed by atoms with Crippen molar-refractivity contribution >= 4 is 0 Å². The number of unbranched alkanes of at least 4 members (excludes halogenated alkanes) is 1. The normalized spacial score (nSPS) is 11.6. The van der Waals surface area contributed by atoms with Gasteiger partial charge in [0.2, 0.25) is 0 Å². The SMILES string of the molecule is CC(C)CCCCNCCCNC(C)C. The van der Waals surface area contributed by atoms with Gasteiger partial charge >= 0.3 is 0 Å². The van der Waals surface area contributed by atoms with Gasteiger partial charge in [0.05, 0.1) is 0 Å². The van der Waals surface area contributed by atoms with E-state index in [4.69, 9.17) is 0 Å². The molecule has 0 unspecified atom stereocenters. The van der Waals surface area contributed by atoms with Crippen molar-refractivity contribution < 1.29 is 0 Å². The second-order valence-electron chi connectivity index (χ2n) is 5.10. The van der Waals surface area contributed by atoms with Crippen LogP contribution in [0.2, 0.25) is 0 Å². The molecule has 0 aliphatic carbocycles. The van der Waals surface area contributed by atoms with Gasteiger partial charge in [0, 0.05) is 6.04 Å². The summed E-state index contributed by atoms with van der Waals surface area (Å²) >= 11 is 0. The molecule has 0 bridgehead atoms. The Hall–Kier alpha value is -0.0800. The molecule has 0 aromatic heterocycles. The molecule has 0 aliphatic rings. The van der Waals surface area contributed by atoms with Crippen LogP contribution in [0.3, 0.4) is 0 Å². The molecule has 0 spiro atoms. The van der Waals surface area contributed by atoms with E-state index < -0.39 is 0 Å². The van der Waals surface area contributed by atoms with Crippen molar-refractivity contribution in [2.24, 2.45) is 5.92 Å². The highest BCUT2D eigenvalue weighted by Crippen LogP contribution is 2.04. The van der Waals surface area contributed by atoms with Gasteiger partial charge in [-0.05, 0) is 38.4 Å². The Kier molecular flexibility index (Phi) is 10.4. The maximum Gasteiger partial charge on any atom is 0.00103 e. The molecule has 0 saturated heterocycles. The third-order valence-corrected chi connectivity index (χ3v) is 2.47. The van der Waals surface area contributed by atoms with Crippen molar-refractivity contribution in [2.45, 2.75) is 59.4 Å². The molecule has 0 radical (unpaired) electrons. The summed E-state index contributed by atoms with van der Waals surface area (Å²) < 4.78 is 0. The van der Waals surface area contributed by atoms with Gasteiger partial charge in [0.1, 0.15) is 0 Å². The van der Waals surface area contributed by atoms with Crippen molar-refractivity contribution in [3.05, 3.63) is 0 Å². The van der Waals surface area contributed by atoms with E-state index in [1.165, 1.54) is 32.2 Å². The molecule has 2 nitrogen and oxygen atoms in total. The molecule has 0 fully saturated rings. The highest BCUT2D eigenvalue weighted by molar-refractivity contribution is 4.55. The van der Waals surface area contributed by atoms with Gasteiger partial charge in [-0.15, -0.1) is 0 Å². The van der Waals surface area contributed by atoms with E-state index >= 15 is 0 Å². The molecular weight excluding hydrogens is 184 g/mol. The standard InChI is InChI=1S/C13H30N2/c1-12(2)8-5-6-9-14-10-7-11-15-13(3)4/h12-15H,5-11H2,1-4H3. The zero-order valence-corrected chi connectivity index (χ0v) is 11.1. The van der Waals surface area contributed by atoms with Crippen molar-refractivity contribution in [3.63, 3.8) is 0 Å². The van der Waals surface area contributed by atoms with E-state index in [2.05, 4.69) is 38.3 Å². The van der Waals surface area contributed by atoms with Crippen LogP contribution in [0.25, 0.3) is 0 Å². The Labute approximate surface area is 96.2 Å². The maximum absolute atomic E-state index is 3.49. The number of nitrogens with one attached hydrogen (secondary N) is 2. The summed E-state index contributed by atoms with van der Waals surface area (Å²) in [6, 6.07) is 0.621. The Morgan fingerprint density at radius 1 is 0.800 bits per heavy atom. The van der Waals surface area contributed by atoms with E-state index in [-0.39, 0.29) is 0 Å². The predicted molar refractivity (Wildman–Crippen MR) is 69.3 cm³/mol. The van der Waals surface area contributed by atoms with Gasteiger partial charge in [0.15, 0.2) is 0 Å². The molecule has 2 N–H and O–H groups in total. The van der Waals surface area contributed by atoms with Gasteiger partial charge in [-0.2, -0.15) is 0 Å². The Morgan fingerprint density at radius 3 is 2.07 bits per heavy atom. The first-order chi connectivity index (χ1) is 7.13. The predicted octanol–water partition coefficient (Wildman–Crippen LogP) is 2.79. The average molecular weight is 214 g/mol. The average Bonchev–Trinajstić information content (AvgIpc) is 2.14. The summed E-state index contributed by atoms with van der Waals surface area (Å²) in [5.41, 5.74) is 0. The largest absolute Gasteiger partial charge is 0.317 e. The van der Waals surface area contributed by atoms with E-state index in [1.54, 1.807) is 0 Å². The van der Waals surface area contributed by atoms with Crippen molar-refractivity contribution in [2.75, 3.05) is 19.6 Å². The fourth-order valence-electron chi connectivity index (χ4n) is 1.53. The van der Waals surface area contributed by atoms with Gasteiger partial charge in [0.25, 0.3) is 0 Å². The minimum absolute atomic E-state index is 0.621. The monoisotopic (exact) mass is 214 g/mol. The molecule has 0 heterocycles. The lowest BCUT2D eigenvalue weighted by molar-refractivity contribution is 0.508. The molecule has 15 heavy (non-hydrogen) atoms. The van der Waals surface area contributed by atoms with Crippen molar-refractivity contribution in [3.8, 4) is 0 Å². The van der Waals surface area contributed by atoms with Gasteiger partial charge in [-0.1, -0.05) is 40.5 Å². The van der Waals surface area contributed by atoms with Crippen molar-refractivity contribution in [1.82, 2.24) is 10.6 Å². The Balaban J connectivity index is 2.93. The zero-order valence-electron chi connectivity index (χ0n) is 11.1. The molecule has 0 atom stereocenters. The lowest BCUT2D eigenvalue weighted by Gasteiger charge is -2.08. The van der Waals surface area contributed by atoms with Gasteiger partial charge in [-0.25, -0.2) is 0 Å². The van der Waals surface area contributed by atoms with Crippen LogP contribution in [0, 0.1) is 5.92 Å². The first-order valence-electron chi connectivity index (χ1n) is 6.57. The smallest absolute Gasteiger partial charge is 0.00103 e. The fraction of sp³-hybridized carbons (Fsp3) is 1.00. The van der Waals surface area contributed by atoms with Gasteiger partial charge in [-0.3, -0.25) is 0 Å². The van der Waals surface area contributed by atoms with Crippen LogP contribution in [-0.4, -0.2) is 25.7 Å². The lowest BCUT2D eigenvalue weighted by atomic mass is 10.1. The molecule has 2 heteroatoms. The van der Waals surface area contributed by atoms with E-state index in [0.29, 0.717) is 6.04 Å². The van der Waals surface area contributed by atoms with Gasteiger partial charge < -0.3 is 10.6 Å². The molecule has 92 valence electrons. The third kappa shape index (κ3) is 13.9. The topological polar surface area (TPSA) is 24.1 Å². The maximum atomic E-state index is 3.49. The second kappa shape index (κ2) is 10.4.